The van der Waals surface area contributed by atoms with E-state index in [0.717, 1.165) is 65.2 Å². The third-order valence-corrected chi connectivity index (χ3v) is 7.00. The van der Waals surface area contributed by atoms with E-state index in [2.05, 4.69) is 41.5 Å². The van der Waals surface area contributed by atoms with E-state index in [1.54, 1.807) is 24.3 Å². The molecule has 1 fully saturated rings. The van der Waals surface area contributed by atoms with Crippen LogP contribution in [0.3, 0.4) is 0 Å². The molecule has 0 saturated carbocycles. The second-order valence-electron chi connectivity index (χ2n) is 9.05. The van der Waals surface area contributed by atoms with Crippen LogP contribution in [0.4, 0.5) is 0 Å². The summed E-state index contributed by atoms with van der Waals surface area (Å²) in [5.41, 5.74) is 6.53. The summed E-state index contributed by atoms with van der Waals surface area (Å²) < 4.78 is 0. The highest BCUT2D eigenvalue weighted by Gasteiger charge is 2.15. The first kappa shape index (κ1) is 31.8. The number of halogens is 2. The van der Waals surface area contributed by atoms with Crippen molar-refractivity contribution in [2.24, 2.45) is 10.2 Å². The summed E-state index contributed by atoms with van der Waals surface area (Å²) >= 11 is 22.4. The molecule has 0 aromatic heterocycles. The third kappa shape index (κ3) is 11.8. The molecule has 0 bridgehead atoms. The Bertz CT molecular complexity index is 1100. The number of hydrogen-bond acceptors (Lipinski definition) is 8. The van der Waals surface area contributed by atoms with E-state index in [1.807, 2.05) is 0 Å². The van der Waals surface area contributed by atoms with Gasteiger partial charge >= 0.3 is 0 Å². The lowest BCUT2D eigenvalue weighted by Gasteiger charge is -2.34. The Morgan fingerprint density at radius 1 is 0.750 bits per heavy atom. The molecular weight excluding hydrogens is 591 g/mol. The van der Waals surface area contributed by atoms with Gasteiger partial charge in [-0.2, -0.15) is 10.2 Å². The standard InChI is InChI=1S/C26H34Cl2N8O2S2/c27-21-3-5-23(37)19(15-21)17-31-33-25(39)29-7-1-9-35-11-13-36(14-12-35)10-2-8-30-26(40)34-32-18-20-16-22(28)4-6-24(20)38/h3-6,15-18,37-38H,1-2,7-14H2,(H2,29,33,39)(H2,30,34,40)/b31-17+,32-18+. The third-order valence-electron chi connectivity index (χ3n) is 6.06. The molecule has 14 heteroatoms. The highest BCUT2D eigenvalue weighted by molar-refractivity contribution is 7.80. The summed E-state index contributed by atoms with van der Waals surface area (Å²) in [5, 5.41) is 35.9. The van der Waals surface area contributed by atoms with E-state index in [9.17, 15) is 10.2 Å². The van der Waals surface area contributed by atoms with E-state index in [4.69, 9.17) is 47.6 Å². The number of nitrogens with zero attached hydrogens (tertiary/aromatic N) is 4. The molecule has 6 N–H and O–H groups in total. The molecule has 1 heterocycles. The first-order chi connectivity index (χ1) is 19.3. The molecule has 2 aromatic carbocycles. The Morgan fingerprint density at radius 3 is 1.55 bits per heavy atom. The van der Waals surface area contributed by atoms with Gasteiger partial charge in [-0.3, -0.25) is 10.9 Å². The van der Waals surface area contributed by atoms with Crippen LogP contribution < -0.4 is 21.5 Å². The molecule has 1 saturated heterocycles. The largest absolute Gasteiger partial charge is 0.507 e. The summed E-state index contributed by atoms with van der Waals surface area (Å²) in [6.07, 6.45) is 4.88. The van der Waals surface area contributed by atoms with Crippen molar-refractivity contribution in [3.63, 3.8) is 0 Å². The first-order valence-corrected chi connectivity index (χ1v) is 14.4. The zero-order chi connectivity index (χ0) is 28.7. The molecule has 10 nitrogen and oxygen atoms in total. The van der Waals surface area contributed by atoms with Crippen LogP contribution in [0.2, 0.25) is 10.0 Å². The Kier molecular flexibility index (Phi) is 13.6. The maximum atomic E-state index is 9.80. The normalized spacial score (nSPS) is 14.4. The zero-order valence-corrected chi connectivity index (χ0v) is 25.1. The maximum absolute atomic E-state index is 9.80. The summed E-state index contributed by atoms with van der Waals surface area (Å²) in [5.74, 6) is 0.198. The fraction of sp³-hybridized carbons (Fsp3) is 0.385. The van der Waals surface area contributed by atoms with Crippen molar-refractivity contribution in [3.05, 3.63) is 57.6 Å². The smallest absolute Gasteiger partial charge is 0.186 e. The van der Waals surface area contributed by atoms with Crippen LogP contribution in [0.25, 0.3) is 0 Å². The highest BCUT2D eigenvalue weighted by Crippen LogP contribution is 2.20. The van der Waals surface area contributed by atoms with Crippen molar-refractivity contribution < 1.29 is 10.2 Å². The monoisotopic (exact) mass is 624 g/mol. The molecular formula is C26H34Cl2N8O2S2. The minimum Gasteiger partial charge on any atom is -0.507 e. The lowest BCUT2D eigenvalue weighted by molar-refractivity contribution is 0.131. The lowest BCUT2D eigenvalue weighted by atomic mass is 10.2. The van der Waals surface area contributed by atoms with E-state index in [-0.39, 0.29) is 11.5 Å². The predicted molar refractivity (Wildman–Crippen MR) is 171 cm³/mol. The zero-order valence-electron chi connectivity index (χ0n) is 21.9. The molecule has 40 heavy (non-hydrogen) atoms. The van der Waals surface area contributed by atoms with Crippen LogP contribution in [0.1, 0.15) is 24.0 Å². The number of hydrazone groups is 2. The van der Waals surface area contributed by atoms with Gasteiger partial charge in [-0.15, -0.1) is 0 Å². The van der Waals surface area contributed by atoms with Gasteiger partial charge < -0.3 is 30.6 Å². The molecule has 1 aliphatic rings. The van der Waals surface area contributed by atoms with Crippen molar-refractivity contribution in [2.75, 3.05) is 52.4 Å². The number of piperazine rings is 1. The molecule has 0 atom stereocenters. The van der Waals surface area contributed by atoms with Crippen molar-refractivity contribution in [3.8, 4) is 11.5 Å². The van der Waals surface area contributed by atoms with E-state index >= 15 is 0 Å². The Morgan fingerprint density at radius 2 is 1.15 bits per heavy atom. The van der Waals surface area contributed by atoms with Crippen LogP contribution in [0.5, 0.6) is 11.5 Å². The van der Waals surface area contributed by atoms with Crippen molar-refractivity contribution >= 4 is 70.3 Å². The number of aromatic hydroxyl groups is 2. The number of phenolic OH excluding ortho intramolecular Hbond substituents is 2. The fourth-order valence-corrected chi connectivity index (χ4v) is 4.57. The predicted octanol–water partition coefficient (Wildman–Crippen LogP) is 3.10. The Labute approximate surface area is 255 Å². The van der Waals surface area contributed by atoms with Crippen molar-refractivity contribution in [1.29, 1.82) is 0 Å². The molecule has 0 unspecified atom stereocenters. The van der Waals surface area contributed by atoms with Gasteiger partial charge in [0, 0.05) is 60.4 Å². The summed E-state index contributed by atoms with van der Waals surface area (Å²) in [6, 6.07) is 9.50. The van der Waals surface area contributed by atoms with Gasteiger partial charge in [0.1, 0.15) is 11.5 Å². The number of nitrogens with one attached hydrogen (secondary N) is 4. The van der Waals surface area contributed by atoms with Crippen molar-refractivity contribution in [2.45, 2.75) is 12.8 Å². The second kappa shape index (κ2) is 17.2. The van der Waals surface area contributed by atoms with Gasteiger partial charge in [-0.25, -0.2) is 0 Å². The van der Waals surface area contributed by atoms with Gasteiger partial charge in [0.15, 0.2) is 10.2 Å². The van der Waals surface area contributed by atoms with Gasteiger partial charge in [0.05, 0.1) is 12.4 Å². The molecule has 1 aliphatic heterocycles. The number of benzene rings is 2. The van der Waals surface area contributed by atoms with Gasteiger partial charge in [0.2, 0.25) is 0 Å². The summed E-state index contributed by atoms with van der Waals surface area (Å²) in [6.45, 7) is 7.63. The Hall–Kier alpha value is -2.74. The number of phenols is 2. The molecule has 0 amide bonds. The number of hydrogen-bond donors (Lipinski definition) is 6. The van der Waals surface area contributed by atoms with E-state index in [0.29, 0.717) is 31.4 Å². The van der Waals surface area contributed by atoms with Crippen LogP contribution >= 0.6 is 47.6 Å². The molecule has 0 aliphatic carbocycles. The molecule has 2 aromatic rings. The van der Waals surface area contributed by atoms with Gasteiger partial charge in [0.25, 0.3) is 0 Å². The summed E-state index contributed by atoms with van der Waals surface area (Å²) in [7, 11) is 0. The second-order valence-corrected chi connectivity index (χ2v) is 10.7. The molecule has 216 valence electrons. The average molecular weight is 626 g/mol. The number of thiocarbonyl (C=S) groups is 2. The van der Waals surface area contributed by atoms with Gasteiger partial charge in [-0.05, 0) is 86.8 Å². The van der Waals surface area contributed by atoms with Crippen LogP contribution in [-0.4, -0.2) is 95.0 Å². The SMILES string of the molecule is Oc1ccc(Cl)cc1/C=N/NC(=S)NCCCN1CCN(CCCNC(=S)N/N=C/c2cc(Cl)ccc2O)CC1. The topological polar surface area (TPSA) is 120 Å². The summed E-state index contributed by atoms with van der Waals surface area (Å²) in [4.78, 5) is 4.92. The molecule has 0 spiro atoms. The highest BCUT2D eigenvalue weighted by atomic mass is 35.5. The minimum absolute atomic E-state index is 0.0992. The van der Waals surface area contributed by atoms with Crippen LogP contribution in [-0.2, 0) is 0 Å². The molecule has 3 rings (SSSR count). The van der Waals surface area contributed by atoms with Crippen LogP contribution in [0, 0.1) is 0 Å². The first-order valence-electron chi connectivity index (χ1n) is 12.9. The van der Waals surface area contributed by atoms with Crippen molar-refractivity contribution in [1.82, 2.24) is 31.3 Å². The Balaban J connectivity index is 1.19. The van der Waals surface area contributed by atoms with Gasteiger partial charge in [-0.1, -0.05) is 23.2 Å². The number of rotatable bonds is 12. The van der Waals surface area contributed by atoms with E-state index in [1.165, 1.54) is 24.6 Å². The minimum atomic E-state index is 0.0992. The molecule has 0 radical (unpaired) electrons. The average Bonchev–Trinajstić information content (AvgIpc) is 2.93. The van der Waals surface area contributed by atoms with Crippen LogP contribution in [0.15, 0.2) is 46.6 Å². The lowest BCUT2D eigenvalue weighted by Crippen LogP contribution is -2.47. The maximum Gasteiger partial charge on any atom is 0.186 e. The van der Waals surface area contributed by atoms with E-state index < -0.39 is 0 Å². The fourth-order valence-electron chi connectivity index (χ4n) is 3.90. The quantitative estimate of drug-likeness (QED) is 0.0909.